The Kier molecular flexibility index (Phi) is 4.03. The highest BCUT2D eigenvalue weighted by Gasteiger charge is 2.32. The van der Waals surface area contributed by atoms with Gasteiger partial charge in [-0.25, -0.2) is 8.42 Å². The van der Waals surface area contributed by atoms with Crippen LogP contribution in [0.1, 0.15) is 0 Å². The van der Waals surface area contributed by atoms with E-state index < -0.39 is 9.84 Å². The van der Waals surface area contributed by atoms with Crippen LogP contribution in [0.15, 0.2) is 52.4 Å². The summed E-state index contributed by atoms with van der Waals surface area (Å²) in [7, 11) is -3.88. The summed E-state index contributed by atoms with van der Waals surface area (Å²) < 4.78 is 24.9. The van der Waals surface area contributed by atoms with Gasteiger partial charge in [0.25, 0.3) is 0 Å². The number of sulfone groups is 1. The molecule has 1 heterocycles. The molecule has 116 valence electrons. The van der Waals surface area contributed by atoms with Crippen LogP contribution in [0.25, 0.3) is 0 Å². The number of nitriles is 1. The summed E-state index contributed by atoms with van der Waals surface area (Å²) in [4.78, 5) is 1.13. The van der Waals surface area contributed by atoms with Gasteiger partial charge in [0, 0.05) is 16.2 Å². The molecule has 0 unspecified atom stereocenters. The van der Waals surface area contributed by atoms with E-state index in [4.69, 9.17) is 34.8 Å². The van der Waals surface area contributed by atoms with E-state index in [2.05, 4.69) is 0 Å². The molecule has 0 aliphatic carbocycles. The molecule has 0 saturated heterocycles. The van der Waals surface area contributed by atoms with Crippen molar-refractivity contribution in [3.05, 3.63) is 62.6 Å². The average molecular weight is 386 g/mol. The van der Waals surface area contributed by atoms with Crippen LogP contribution < -0.4 is 4.90 Å². The van der Waals surface area contributed by atoms with Crippen molar-refractivity contribution in [2.24, 2.45) is 0 Å². The summed E-state index contributed by atoms with van der Waals surface area (Å²) >= 11 is 18.1. The highest BCUT2D eigenvalue weighted by Crippen LogP contribution is 2.43. The van der Waals surface area contributed by atoms with E-state index >= 15 is 0 Å². The molecule has 4 nitrogen and oxygen atoms in total. The van der Waals surface area contributed by atoms with E-state index in [1.54, 1.807) is 18.2 Å². The average Bonchev–Trinajstić information content (AvgIpc) is 2.48. The number of nitrogens with zero attached hydrogens (tertiary/aromatic N) is 2. The largest absolute Gasteiger partial charge is 0.312 e. The minimum atomic E-state index is -3.88. The van der Waals surface area contributed by atoms with Gasteiger partial charge in [0.15, 0.2) is 4.91 Å². The van der Waals surface area contributed by atoms with Crippen molar-refractivity contribution in [3.8, 4) is 6.07 Å². The quantitative estimate of drug-likeness (QED) is 0.698. The second kappa shape index (κ2) is 5.73. The molecule has 0 saturated carbocycles. The molecule has 2 aromatic carbocycles. The fraction of sp³-hybridized carbons (Fsp3) is 0. The maximum Gasteiger partial charge on any atom is 0.220 e. The van der Waals surface area contributed by atoms with Crippen molar-refractivity contribution in [1.29, 1.82) is 5.26 Å². The zero-order valence-corrected chi connectivity index (χ0v) is 14.4. The summed E-state index contributed by atoms with van der Waals surface area (Å²) in [6.45, 7) is 0. The number of allylic oxidation sites excluding steroid dienone is 1. The Hall–Kier alpha value is -1.71. The fourth-order valence-electron chi connectivity index (χ4n) is 2.25. The molecule has 0 aromatic heterocycles. The molecule has 0 bridgehead atoms. The van der Waals surface area contributed by atoms with Gasteiger partial charge in [-0.3, -0.25) is 0 Å². The SMILES string of the molecule is N#CC1=CN(c2ccc(Cl)cc2Cl)c2cc(Cl)ccc2S1(=O)=O. The van der Waals surface area contributed by atoms with Crippen LogP contribution >= 0.6 is 34.8 Å². The molecular formula is C15H7Cl3N2O2S. The van der Waals surface area contributed by atoms with Gasteiger partial charge < -0.3 is 4.90 Å². The molecule has 1 aliphatic rings. The number of fused-ring (bicyclic) bond motifs is 1. The Morgan fingerprint density at radius 2 is 1.61 bits per heavy atom. The number of rotatable bonds is 1. The molecule has 8 heteroatoms. The van der Waals surface area contributed by atoms with Gasteiger partial charge in [-0.05, 0) is 36.4 Å². The maximum absolute atomic E-state index is 12.4. The highest BCUT2D eigenvalue weighted by atomic mass is 35.5. The zero-order chi connectivity index (χ0) is 16.8. The molecule has 0 atom stereocenters. The summed E-state index contributed by atoms with van der Waals surface area (Å²) in [5.41, 5.74) is 0.808. The van der Waals surface area contributed by atoms with E-state index in [1.165, 1.54) is 35.4 Å². The summed E-state index contributed by atoms with van der Waals surface area (Å²) in [6, 6.07) is 10.8. The van der Waals surface area contributed by atoms with E-state index in [0.717, 1.165) is 0 Å². The molecule has 0 amide bonds. The van der Waals surface area contributed by atoms with Crippen LogP contribution in [0.2, 0.25) is 15.1 Å². The van der Waals surface area contributed by atoms with Crippen LogP contribution in [0, 0.1) is 11.3 Å². The lowest BCUT2D eigenvalue weighted by Crippen LogP contribution is -2.21. The molecule has 2 aromatic rings. The highest BCUT2D eigenvalue weighted by molar-refractivity contribution is 7.95. The van der Waals surface area contributed by atoms with Crippen molar-refractivity contribution in [3.63, 3.8) is 0 Å². The molecule has 0 radical (unpaired) electrons. The zero-order valence-electron chi connectivity index (χ0n) is 11.3. The topological polar surface area (TPSA) is 61.2 Å². The third kappa shape index (κ3) is 2.68. The van der Waals surface area contributed by atoms with E-state index in [0.29, 0.717) is 26.4 Å². The molecule has 3 rings (SSSR count). The Morgan fingerprint density at radius 3 is 2.26 bits per heavy atom. The van der Waals surface area contributed by atoms with Gasteiger partial charge in [0.05, 0.1) is 21.3 Å². The van der Waals surface area contributed by atoms with Crippen LogP contribution in [0.5, 0.6) is 0 Å². The van der Waals surface area contributed by atoms with Gasteiger partial charge in [0.1, 0.15) is 6.07 Å². The van der Waals surface area contributed by atoms with Gasteiger partial charge in [-0.15, -0.1) is 0 Å². The third-order valence-electron chi connectivity index (χ3n) is 3.29. The predicted octanol–water partition coefficient (Wildman–Crippen LogP) is 4.94. The van der Waals surface area contributed by atoms with Crippen LogP contribution in [-0.4, -0.2) is 8.42 Å². The Labute approximate surface area is 148 Å². The molecule has 1 aliphatic heterocycles. The van der Waals surface area contributed by atoms with Gasteiger partial charge in [0.2, 0.25) is 9.84 Å². The molecule has 0 spiro atoms. The van der Waals surface area contributed by atoms with Crippen LogP contribution in [-0.2, 0) is 9.84 Å². The second-order valence-corrected chi connectivity index (χ2v) is 7.85. The minimum Gasteiger partial charge on any atom is -0.312 e. The minimum absolute atomic E-state index is 0.00744. The summed E-state index contributed by atoms with van der Waals surface area (Å²) in [6.07, 6.45) is 1.23. The molecule has 0 fully saturated rings. The Bertz CT molecular complexity index is 994. The molecule has 23 heavy (non-hydrogen) atoms. The van der Waals surface area contributed by atoms with Crippen molar-refractivity contribution in [2.45, 2.75) is 4.90 Å². The standard InChI is InChI=1S/C15H7Cl3N2O2S/c16-9-1-3-13(12(18)5-9)20-8-11(7-19)23(21,22)15-4-2-10(17)6-14(15)20/h1-6,8H. The van der Waals surface area contributed by atoms with Crippen molar-refractivity contribution in [2.75, 3.05) is 4.90 Å². The number of hydrogen-bond donors (Lipinski definition) is 0. The number of benzene rings is 2. The first-order valence-corrected chi connectivity index (χ1v) is 8.87. The van der Waals surface area contributed by atoms with Crippen LogP contribution in [0.3, 0.4) is 0 Å². The lowest BCUT2D eigenvalue weighted by Gasteiger charge is -2.28. The van der Waals surface area contributed by atoms with Crippen LogP contribution in [0.4, 0.5) is 11.4 Å². The first-order valence-electron chi connectivity index (χ1n) is 6.25. The summed E-state index contributed by atoms with van der Waals surface area (Å²) in [5.74, 6) is 0. The number of anilines is 2. The third-order valence-corrected chi connectivity index (χ3v) is 5.76. The van der Waals surface area contributed by atoms with E-state index in [9.17, 15) is 13.7 Å². The number of hydrogen-bond acceptors (Lipinski definition) is 4. The summed E-state index contributed by atoms with van der Waals surface area (Å²) in [5, 5.41) is 10.3. The van der Waals surface area contributed by atoms with Gasteiger partial charge in [-0.1, -0.05) is 34.8 Å². The van der Waals surface area contributed by atoms with Crippen molar-refractivity contribution in [1.82, 2.24) is 0 Å². The predicted molar refractivity (Wildman–Crippen MR) is 90.9 cm³/mol. The first-order chi connectivity index (χ1) is 10.8. The van der Waals surface area contributed by atoms with E-state index in [1.807, 2.05) is 0 Å². The smallest absolute Gasteiger partial charge is 0.220 e. The maximum atomic E-state index is 12.4. The van der Waals surface area contributed by atoms with Crippen molar-refractivity contribution >= 4 is 56.0 Å². The first kappa shape index (κ1) is 16.2. The van der Waals surface area contributed by atoms with E-state index in [-0.39, 0.29) is 9.80 Å². The normalized spacial score (nSPS) is 15.6. The van der Waals surface area contributed by atoms with Gasteiger partial charge in [-0.2, -0.15) is 5.26 Å². The lowest BCUT2D eigenvalue weighted by molar-refractivity contribution is 0.602. The molecular weight excluding hydrogens is 379 g/mol. The Morgan fingerprint density at radius 1 is 0.957 bits per heavy atom. The number of halogens is 3. The molecule has 0 N–H and O–H groups in total. The Balaban J connectivity index is 2.33. The lowest BCUT2D eigenvalue weighted by atomic mass is 10.2. The van der Waals surface area contributed by atoms with Crippen molar-refractivity contribution < 1.29 is 8.42 Å². The monoisotopic (exact) mass is 384 g/mol. The fourth-order valence-corrected chi connectivity index (χ4v) is 4.19. The van der Waals surface area contributed by atoms with Gasteiger partial charge >= 0.3 is 0 Å². The second-order valence-electron chi connectivity index (χ2n) is 4.69.